The predicted octanol–water partition coefficient (Wildman–Crippen LogP) is 1.55. The van der Waals surface area contributed by atoms with Gasteiger partial charge in [0.1, 0.15) is 0 Å². The van der Waals surface area contributed by atoms with Crippen molar-refractivity contribution >= 4 is 0 Å². The van der Waals surface area contributed by atoms with Gasteiger partial charge in [0.15, 0.2) is 0 Å². The fourth-order valence-electron chi connectivity index (χ4n) is 2.13. The van der Waals surface area contributed by atoms with Gasteiger partial charge in [-0.1, -0.05) is 6.92 Å². The molecule has 2 heterocycles. The van der Waals surface area contributed by atoms with Gasteiger partial charge in [-0.15, -0.1) is 0 Å². The average Bonchev–Trinajstić information content (AvgIpc) is 2.91. The number of nitrogens with one attached hydrogen (secondary N) is 1. The number of nitrogens with zero attached hydrogens (tertiary/aromatic N) is 4. The molecule has 2 rings (SSSR count). The maximum Gasteiger partial charge on any atom is 0.0781 e. The third kappa shape index (κ3) is 2.31. The van der Waals surface area contributed by atoms with Crippen molar-refractivity contribution < 1.29 is 0 Å². The van der Waals surface area contributed by atoms with Crippen LogP contribution in [0, 0.1) is 6.92 Å². The van der Waals surface area contributed by atoms with Crippen LogP contribution in [0.4, 0.5) is 0 Å². The maximum atomic E-state index is 4.33. The summed E-state index contributed by atoms with van der Waals surface area (Å²) in [5.41, 5.74) is 3.57. The lowest BCUT2D eigenvalue weighted by molar-refractivity contribution is 0.550. The van der Waals surface area contributed by atoms with Gasteiger partial charge in [0.2, 0.25) is 0 Å². The molecule has 98 valence electrons. The fourth-order valence-corrected chi connectivity index (χ4v) is 2.13. The molecule has 0 aromatic carbocycles. The highest BCUT2D eigenvalue weighted by Gasteiger charge is 2.20. The maximum absolute atomic E-state index is 4.33. The minimum Gasteiger partial charge on any atom is -0.305 e. The zero-order valence-electron chi connectivity index (χ0n) is 11.5. The molecule has 0 radical (unpaired) electrons. The van der Waals surface area contributed by atoms with Crippen molar-refractivity contribution in [1.82, 2.24) is 24.9 Å². The number of rotatable bonds is 5. The van der Waals surface area contributed by atoms with Crippen molar-refractivity contribution in [1.29, 1.82) is 0 Å². The minimum absolute atomic E-state index is 0.158. The van der Waals surface area contributed by atoms with E-state index in [0.29, 0.717) is 0 Å². The van der Waals surface area contributed by atoms with Crippen LogP contribution in [-0.2, 0) is 14.1 Å². The van der Waals surface area contributed by atoms with E-state index in [1.54, 1.807) is 0 Å². The molecule has 0 saturated heterocycles. The van der Waals surface area contributed by atoms with Gasteiger partial charge < -0.3 is 5.32 Å². The molecule has 0 saturated carbocycles. The summed E-state index contributed by atoms with van der Waals surface area (Å²) in [4.78, 5) is 0. The van der Waals surface area contributed by atoms with Crippen molar-refractivity contribution in [3.05, 3.63) is 35.4 Å². The van der Waals surface area contributed by atoms with Gasteiger partial charge in [0, 0.05) is 31.5 Å². The molecular formula is C13H21N5. The first-order chi connectivity index (χ1) is 8.65. The smallest absolute Gasteiger partial charge is 0.0781 e. The zero-order valence-corrected chi connectivity index (χ0v) is 11.5. The Labute approximate surface area is 108 Å². The third-order valence-corrected chi connectivity index (χ3v) is 3.34. The molecule has 2 aromatic rings. The number of aromatic nitrogens is 4. The zero-order chi connectivity index (χ0) is 13.1. The van der Waals surface area contributed by atoms with E-state index in [1.165, 1.54) is 17.0 Å². The largest absolute Gasteiger partial charge is 0.305 e. The van der Waals surface area contributed by atoms with Crippen LogP contribution in [0.15, 0.2) is 18.5 Å². The molecule has 2 aromatic heterocycles. The van der Waals surface area contributed by atoms with Crippen molar-refractivity contribution in [2.75, 3.05) is 6.54 Å². The monoisotopic (exact) mass is 247 g/mol. The second-order valence-corrected chi connectivity index (χ2v) is 4.58. The number of aryl methyl sites for hydroxylation is 2. The standard InChI is InChI=1S/C13H21N5/c1-5-7-14-13(12-6-8-15-18(12)4)11-9-16-17(3)10(11)2/h6,8-9,13-14H,5,7H2,1-4H3. The van der Waals surface area contributed by atoms with Gasteiger partial charge in [-0.3, -0.25) is 9.36 Å². The van der Waals surface area contributed by atoms with Crippen LogP contribution in [0.2, 0.25) is 0 Å². The van der Waals surface area contributed by atoms with E-state index in [4.69, 9.17) is 0 Å². The van der Waals surface area contributed by atoms with Crippen LogP contribution in [0.5, 0.6) is 0 Å². The molecule has 1 N–H and O–H groups in total. The fraction of sp³-hybridized carbons (Fsp3) is 0.538. The first-order valence-electron chi connectivity index (χ1n) is 6.35. The lowest BCUT2D eigenvalue weighted by atomic mass is 10.0. The second kappa shape index (κ2) is 5.35. The predicted molar refractivity (Wildman–Crippen MR) is 71.3 cm³/mol. The quantitative estimate of drug-likeness (QED) is 0.872. The Bertz CT molecular complexity index is 511. The molecule has 0 bridgehead atoms. The normalized spacial score (nSPS) is 12.9. The van der Waals surface area contributed by atoms with Crippen LogP contribution >= 0.6 is 0 Å². The molecule has 18 heavy (non-hydrogen) atoms. The molecule has 0 aliphatic carbocycles. The topological polar surface area (TPSA) is 47.7 Å². The van der Waals surface area contributed by atoms with Crippen molar-refractivity contribution in [2.24, 2.45) is 14.1 Å². The minimum atomic E-state index is 0.158. The summed E-state index contributed by atoms with van der Waals surface area (Å²) >= 11 is 0. The van der Waals surface area contributed by atoms with Crippen LogP contribution < -0.4 is 5.32 Å². The first kappa shape index (κ1) is 12.8. The van der Waals surface area contributed by atoms with Crippen molar-refractivity contribution in [3.8, 4) is 0 Å². The Balaban J connectivity index is 2.37. The summed E-state index contributed by atoms with van der Waals surface area (Å²) < 4.78 is 3.83. The summed E-state index contributed by atoms with van der Waals surface area (Å²) in [6, 6.07) is 2.21. The molecule has 0 aliphatic heterocycles. The summed E-state index contributed by atoms with van der Waals surface area (Å²) in [7, 11) is 3.95. The molecule has 0 amide bonds. The average molecular weight is 247 g/mol. The van der Waals surface area contributed by atoms with Gasteiger partial charge in [-0.25, -0.2) is 0 Å². The van der Waals surface area contributed by atoms with Gasteiger partial charge in [0.25, 0.3) is 0 Å². The lowest BCUT2D eigenvalue weighted by Gasteiger charge is -2.18. The highest BCUT2D eigenvalue weighted by Crippen LogP contribution is 2.23. The second-order valence-electron chi connectivity index (χ2n) is 4.58. The van der Waals surface area contributed by atoms with Crippen LogP contribution in [0.3, 0.4) is 0 Å². The Kier molecular flexibility index (Phi) is 3.81. The molecule has 0 spiro atoms. The molecule has 1 atom stereocenters. The molecule has 0 aliphatic rings. The van der Waals surface area contributed by atoms with Crippen molar-refractivity contribution in [2.45, 2.75) is 26.3 Å². The molecule has 5 heteroatoms. The van der Waals surface area contributed by atoms with Gasteiger partial charge >= 0.3 is 0 Å². The van der Waals surface area contributed by atoms with E-state index in [1.807, 2.05) is 35.9 Å². The Morgan fingerprint density at radius 3 is 2.56 bits per heavy atom. The van der Waals surface area contributed by atoms with Gasteiger partial charge in [-0.05, 0) is 26.0 Å². The summed E-state index contributed by atoms with van der Waals surface area (Å²) in [6.07, 6.45) is 4.88. The van der Waals surface area contributed by atoms with Crippen molar-refractivity contribution in [3.63, 3.8) is 0 Å². The number of hydrogen-bond acceptors (Lipinski definition) is 3. The van der Waals surface area contributed by atoms with Gasteiger partial charge in [0.05, 0.1) is 17.9 Å². The van der Waals surface area contributed by atoms with E-state index in [0.717, 1.165) is 13.0 Å². The Morgan fingerprint density at radius 1 is 1.28 bits per heavy atom. The third-order valence-electron chi connectivity index (χ3n) is 3.34. The molecule has 0 fully saturated rings. The van der Waals surface area contributed by atoms with Crippen LogP contribution in [0.1, 0.15) is 36.3 Å². The molecule has 5 nitrogen and oxygen atoms in total. The Hall–Kier alpha value is -1.62. The van der Waals surface area contributed by atoms with E-state index in [9.17, 15) is 0 Å². The Morgan fingerprint density at radius 2 is 2.06 bits per heavy atom. The van der Waals surface area contributed by atoms with E-state index < -0.39 is 0 Å². The summed E-state index contributed by atoms with van der Waals surface area (Å²) in [5.74, 6) is 0. The van der Waals surface area contributed by atoms with Gasteiger partial charge in [-0.2, -0.15) is 10.2 Å². The molecule has 1 unspecified atom stereocenters. The number of hydrogen-bond donors (Lipinski definition) is 1. The summed E-state index contributed by atoms with van der Waals surface area (Å²) in [6.45, 7) is 5.24. The van der Waals surface area contributed by atoms with E-state index in [-0.39, 0.29) is 6.04 Å². The molecular weight excluding hydrogens is 226 g/mol. The highest BCUT2D eigenvalue weighted by atomic mass is 15.3. The van der Waals surface area contributed by atoms with Crippen LogP contribution in [-0.4, -0.2) is 26.1 Å². The SMILES string of the molecule is CCCNC(c1cnn(C)c1C)c1ccnn1C. The summed E-state index contributed by atoms with van der Waals surface area (Å²) in [5, 5.41) is 12.2. The lowest BCUT2D eigenvalue weighted by Crippen LogP contribution is -2.25. The highest BCUT2D eigenvalue weighted by molar-refractivity contribution is 5.29. The first-order valence-corrected chi connectivity index (χ1v) is 6.35. The van der Waals surface area contributed by atoms with E-state index in [2.05, 4.69) is 35.4 Å². The van der Waals surface area contributed by atoms with Crippen LogP contribution in [0.25, 0.3) is 0 Å². The van der Waals surface area contributed by atoms with E-state index >= 15 is 0 Å².